The largest absolute Gasteiger partial charge is 0.465 e. The van der Waals surface area contributed by atoms with E-state index in [0.29, 0.717) is 26.1 Å². The molecule has 0 radical (unpaired) electrons. The first-order valence-corrected chi connectivity index (χ1v) is 10.0. The van der Waals surface area contributed by atoms with Crippen molar-refractivity contribution in [2.45, 2.75) is 53.4 Å². The Morgan fingerprint density at radius 1 is 0.767 bits per heavy atom. The van der Waals surface area contributed by atoms with Crippen LogP contribution in [0.2, 0.25) is 0 Å². The number of ether oxygens (including phenoxy) is 4. The summed E-state index contributed by atoms with van der Waals surface area (Å²) in [5.74, 6) is -1.23. The monoisotopic (exact) mass is 432 g/mol. The third-order valence-electron chi connectivity index (χ3n) is 4.95. The van der Waals surface area contributed by atoms with Crippen LogP contribution in [0.25, 0.3) is 0 Å². The van der Waals surface area contributed by atoms with Crippen molar-refractivity contribution in [2.75, 3.05) is 46.8 Å². The molecular weight excluding hydrogens is 396 g/mol. The topological polar surface area (TPSA) is 125 Å². The summed E-state index contributed by atoms with van der Waals surface area (Å²) in [6.07, 6.45) is 1.18. The highest BCUT2D eigenvalue weighted by atomic mass is 16.5. The summed E-state index contributed by atoms with van der Waals surface area (Å²) in [7, 11) is 1.48. The lowest BCUT2D eigenvalue weighted by molar-refractivity contribution is -0.152. The number of methoxy groups -OCH3 is 1. The summed E-state index contributed by atoms with van der Waals surface area (Å²) >= 11 is 0. The molecule has 0 aromatic carbocycles. The van der Waals surface area contributed by atoms with Gasteiger partial charge in [0, 0.05) is 33.2 Å². The Kier molecular flexibility index (Phi) is 13.3. The molecule has 0 rings (SSSR count). The molecule has 2 atom stereocenters. The minimum Gasteiger partial charge on any atom is -0.465 e. The second-order valence-corrected chi connectivity index (χ2v) is 7.97. The van der Waals surface area contributed by atoms with Crippen molar-refractivity contribution in [1.82, 2.24) is 0 Å². The number of Topliss-reactive ketones (excluding diaryl/α,β-unsaturated/α-hetero) is 2. The number of ketones is 2. The molecule has 0 aromatic heterocycles. The summed E-state index contributed by atoms with van der Waals surface area (Å²) < 4.78 is 20.6. The molecule has 0 aliphatic carbocycles. The highest BCUT2D eigenvalue weighted by Gasteiger charge is 2.32. The molecule has 2 unspecified atom stereocenters. The molecule has 0 saturated heterocycles. The van der Waals surface area contributed by atoms with Crippen LogP contribution in [0.3, 0.4) is 0 Å². The van der Waals surface area contributed by atoms with Gasteiger partial charge in [0.05, 0.1) is 24.0 Å². The average Bonchev–Trinajstić information content (AvgIpc) is 2.69. The van der Waals surface area contributed by atoms with Gasteiger partial charge >= 0.3 is 11.9 Å². The first kappa shape index (κ1) is 28.2. The maximum Gasteiger partial charge on any atom is 0.305 e. The number of carbonyl (C=O) groups is 4. The number of esters is 2. The zero-order valence-electron chi connectivity index (χ0n) is 18.8. The molecule has 0 aliphatic heterocycles. The number of aliphatic hydroxyl groups is 1. The Bertz CT molecular complexity index is 575. The Hall–Kier alpha value is -1.84. The van der Waals surface area contributed by atoms with Gasteiger partial charge in [-0.3, -0.25) is 19.2 Å². The molecule has 0 spiro atoms. The van der Waals surface area contributed by atoms with Gasteiger partial charge in [0.2, 0.25) is 0 Å². The highest BCUT2D eigenvalue weighted by Crippen LogP contribution is 2.19. The van der Waals surface area contributed by atoms with Gasteiger partial charge in [-0.15, -0.1) is 0 Å². The first-order valence-electron chi connectivity index (χ1n) is 10.0. The second-order valence-electron chi connectivity index (χ2n) is 7.97. The van der Waals surface area contributed by atoms with Crippen molar-refractivity contribution in [2.24, 2.45) is 10.8 Å². The van der Waals surface area contributed by atoms with E-state index in [1.54, 1.807) is 6.92 Å². The molecule has 0 saturated carbocycles. The van der Waals surface area contributed by atoms with Crippen LogP contribution in [-0.4, -0.2) is 75.4 Å². The quantitative estimate of drug-likeness (QED) is 0.269. The molecule has 30 heavy (non-hydrogen) atoms. The molecule has 0 aromatic rings. The molecule has 174 valence electrons. The van der Waals surface area contributed by atoms with Crippen LogP contribution in [-0.2, 0) is 38.1 Å². The molecule has 9 nitrogen and oxygen atoms in total. The van der Waals surface area contributed by atoms with Gasteiger partial charge in [0.1, 0.15) is 24.8 Å². The third kappa shape index (κ3) is 10.8. The van der Waals surface area contributed by atoms with E-state index in [9.17, 15) is 24.3 Å². The van der Waals surface area contributed by atoms with Crippen LogP contribution in [0.15, 0.2) is 0 Å². The SMILES string of the molecule is COCC(C)(COC(=O)CCCOCCCC(=O)OCC(C)(CO)C(C)=O)C(C)=O. The van der Waals surface area contributed by atoms with Gasteiger partial charge < -0.3 is 24.1 Å². The van der Waals surface area contributed by atoms with Gasteiger partial charge in [-0.05, 0) is 40.5 Å². The van der Waals surface area contributed by atoms with Crippen molar-refractivity contribution in [3.63, 3.8) is 0 Å². The van der Waals surface area contributed by atoms with Crippen molar-refractivity contribution >= 4 is 23.5 Å². The Balaban J connectivity index is 3.87. The van der Waals surface area contributed by atoms with E-state index in [4.69, 9.17) is 18.9 Å². The Labute approximate surface area is 178 Å². The van der Waals surface area contributed by atoms with Gasteiger partial charge in [-0.25, -0.2) is 0 Å². The number of hydrogen-bond donors (Lipinski definition) is 1. The Morgan fingerprint density at radius 3 is 1.57 bits per heavy atom. The fourth-order valence-electron chi connectivity index (χ4n) is 2.19. The van der Waals surface area contributed by atoms with Crippen molar-refractivity contribution in [3.05, 3.63) is 0 Å². The van der Waals surface area contributed by atoms with Crippen LogP contribution < -0.4 is 0 Å². The fourth-order valence-corrected chi connectivity index (χ4v) is 2.19. The zero-order chi connectivity index (χ0) is 23.2. The maximum absolute atomic E-state index is 11.8. The van der Waals surface area contributed by atoms with Crippen LogP contribution in [0.1, 0.15) is 53.4 Å². The van der Waals surface area contributed by atoms with E-state index < -0.39 is 22.8 Å². The predicted octanol–water partition coefficient (Wildman–Crippen LogP) is 1.48. The van der Waals surface area contributed by atoms with Gasteiger partial charge in [0.25, 0.3) is 0 Å². The molecule has 0 aliphatic rings. The van der Waals surface area contributed by atoms with E-state index in [1.165, 1.54) is 27.9 Å². The molecule has 0 amide bonds. The zero-order valence-corrected chi connectivity index (χ0v) is 18.8. The summed E-state index contributed by atoms with van der Waals surface area (Å²) in [6, 6.07) is 0. The summed E-state index contributed by atoms with van der Waals surface area (Å²) in [6.45, 7) is 6.25. The lowest BCUT2D eigenvalue weighted by atomic mass is 9.88. The van der Waals surface area contributed by atoms with Crippen molar-refractivity contribution in [1.29, 1.82) is 0 Å². The minimum atomic E-state index is -1.08. The maximum atomic E-state index is 11.8. The summed E-state index contributed by atoms with van der Waals surface area (Å²) in [4.78, 5) is 46.6. The van der Waals surface area contributed by atoms with Crippen LogP contribution in [0.4, 0.5) is 0 Å². The van der Waals surface area contributed by atoms with E-state index in [2.05, 4.69) is 0 Å². The lowest BCUT2D eigenvalue weighted by Crippen LogP contribution is -2.36. The number of rotatable bonds is 17. The molecular formula is C21H36O9. The standard InChI is InChI=1S/C21H36O9/c1-16(23)20(3,12-22)14-29-18(25)8-6-10-28-11-7-9-19(26)30-15-21(4,13-27-5)17(2)24/h22H,6-15H2,1-5H3. The highest BCUT2D eigenvalue weighted by molar-refractivity contribution is 5.83. The summed E-state index contributed by atoms with van der Waals surface area (Å²) in [5.41, 5.74) is -1.93. The van der Waals surface area contributed by atoms with Crippen molar-refractivity contribution in [3.8, 4) is 0 Å². The number of hydrogen-bond acceptors (Lipinski definition) is 9. The van der Waals surface area contributed by atoms with Gasteiger partial charge in [-0.2, -0.15) is 0 Å². The molecule has 1 N–H and O–H groups in total. The smallest absolute Gasteiger partial charge is 0.305 e. The second kappa shape index (κ2) is 14.2. The summed E-state index contributed by atoms with van der Waals surface area (Å²) in [5, 5.41) is 9.24. The van der Waals surface area contributed by atoms with E-state index in [1.807, 2.05) is 0 Å². The van der Waals surface area contributed by atoms with E-state index >= 15 is 0 Å². The van der Waals surface area contributed by atoms with Crippen molar-refractivity contribution < 1.29 is 43.2 Å². The van der Waals surface area contributed by atoms with Gasteiger partial charge in [0.15, 0.2) is 0 Å². The van der Waals surface area contributed by atoms with E-state index in [-0.39, 0.29) is 50.8 Å². The van der Waals surface area contributed by atoms with Crippen LogP contribution >= 0.6 is 0 Å². The molecule has 0 heterocycles. The molecule has 0 bridgehead atoms. The third-order valence-corrected chi connectivity index (χ3v) is 4.95. The molecule has 0 fully saturated rings. The number of carbonyl (C=O) groups excluding carboxylic acids is 4. The predicted molar refractivity (Wildman–Crippen MR) is 108 cm³/mol. The fraction of sp³-hybridized carbons (Fsp3) is 0.810. The van der Waals surface area contributed by atoms with E-state index in [0.717, 1.165) is 0 Å². The minimum absolute atomic E-state index is 0.0308. The normalized spacial score (nSPS) is 15.0. The molecule has 9 heteroatoms. The lowest BCUT2D eigenvalue weighted by Gasteiger charge is -2.25. The van der Waals surface area contributed by atoms with Crippen LogP contribution in [0, 0.1) is 10.8 Å². The van der Waals surface area contributed by atoms with Crippen LogP contribution in [0.5, 0.6) is 0 Å². The first-order chi connectivity index (χ1) is 14.0. The number of aliphatic hydroxyl groups excluding tert-OH is 1. The Morgan fingerprint density at radius 2 is 1.20 bits per heavy atom. The average molecular weight is 433 g/mol. The van der Waals surface area contributed by atoms with Gasteiger partial charge in [-0.1, -0.05) is 0 Å².